The van der Waals surface area contributed by atoms with Crippen LogP contribution in [0.4, 0.5) is 0 Å². The van der Waals surface area contributed by atoms with Crippen molar-refractivity contribution >= 4 is 62.4 Å². The Hall–Kier alpha value is -1.96. The molecule has 3 rings (SSSR count). The molecule has 1 heterocycles. The Labute approximate surface area is 157 Å². The molecular weight excluding hydrogens is 408 g/mol. The average molecular weight is 419 g/mol. The van der Waals surface area contributed by atoms with Crippen LogP contribution in [0.2, 0.25) is 0 Å². The number of nitrogens with zero attached hydrogens (tertiary/aromatic N) is 2. The summed E-state index contributed by atoms with van der Waals surface area (Å²) in [6, 6.07) is 14.4. The van der Waals surface area contributed by atoms with Crippen LogP contribution in [0, 0.1) is 0 Å². The molecule has 7 heteroatoms. The van der Waals surface area contributed by atoms with Crippen LogP contribution in [0.5, 0.6) is 5.75 Å². The Bertz CT molecular complexity index is 863. The van der Waals surface area contributed by atoms with E-state index in [1.807, 2.05) is 24.3 Å². The van der Waals surface area contributed by atoms with E-state index in [2.05, 4.69) is 21.0 Å². The number of phenols is 1. The minimum Gasteiger partial charge on any atom is -0.507 e. The quantitative estimate of drug-likeness (QED) is 0.456. The molecule has 1 aliphatic heterocycles. The van der Waals surface area contributed by atoms with Crippen LogP contribution in [-0.2, 0) is 4.79 Å². The van der Waals surface area contributed by atoms with Gasteiger partial charge in [0.05, 0.1) is 11.1 Å². The minimum atomic E-state index is -0.304. The van der Waals surface area contributed by atoms with Crippen LogP contribution in [0.3, 0.4) is 0 Å². The molecule has 0 unspecified atom stereocenters. The number of amides is 1. The summed E-state index contributed by atoms with van der Waals surface area (Å²) >= 11 is 9.75. The summed E-state index contributed by atoms with van der Waals surface area (Å²) in [7, 11) is 0. The summed E-state index contributed by atoms with van der Waals surface area (Å²) < 4.78 is 1.32. The molecule has 0 saturated carbocycles. The zero-order chi connectivity index (χ0) is 17.1. The van der Waals surface area contributed by atoms with Gasteiger partial charge in [-0.1, -0.05) is 58.0 Å². The number of hydrogen-bond donors (Lipinski definition) is 1. The van der Waals surface area contributed by atoms with Crippen molar-refractivity contribution < 1.29 is 9.90 Å². The summed E-state index contributed by atoms with van der Waals surface area (Å²) in [5.74, 6) is -0.192. The largest absolute Gasteiger partial charge is 0.507 e. The third kappa shape index (κ3) is 3.75. The highest BCUT2D eigenvalue weighted by Crippen LogP contribution is 2.34. The van der Waals surface area contributed by atoms with Crippen molar-refractivity contribution in [1.29, 1.82) is 0 Å². The third-order valence-corrected chi connectivity index (χ3v) is 5.00. The second-order valence-electron chi connectivity index (χ2n) is 4.85. The number of benzene rings is 2. The standard InChI is InChI=1S/C17H11BrN2O2S2/c18-13-7-5-11(6-8-13)10-19-20-16(22)15(24-17(20)23)9-12-3-1-2-4-14(12)21/h1-10,21H/b15-9+,19-10+. The van der Waals surface area contributed by atoms with Gasteiger partial charge in [0.25, 0.3) is 5.91 Å². The van der Waals surface area contributed by atoms with Gasteiger partial charge in [-0.15, -0.1) is 0 Å². The van der Waals surface area contributed by atoms with Gasteiger partial charge in [0, 0.05) is 10.0 Å². The normalized spacial score (nSPS) is 16.5. The number of carbonyl (C=O) groups is 1. The summed E-state index contributed by atoms with van der Waals surface area (Å²) in [6.07, 6.45) is 3.20. The highest BCUT2D eigenvalue weighted by Gasteiger charge is 2.32. The van der Waals surface area contributed by atoms with E-state index in [-0.39, 0.29) is 11.7 Å². The molecule has 24 heavy (non-hydrogen) atoms. The smallest absolute Gasteiger partial charge is 0.286 e. The van der Waals surface area contributed by atoms with E-state index < -0.39 is 0 Å². The number of carbonyl (C=O) groups excluding carboxylic acids is 1. The Kier molecular flexibility index (Phi) is 5.13. The van der Waals surface area contributed by atoms with Crippen molar-refractivity contribution in [3.63, 3.8) is 0 Å². The molecule has 2 aromatic carbocycles. The van der Waals surface area contributed by atoms with Crippen molar-refractivity contribution in [2.45, 2.75) is 0 Å². The first-order valence-electron chi connectivity index (χ1n) is 6.90. The van der Waals surface area contributed by atoms with Gasteiger partial charge >= 0.3 is 0 Å². The Balaban J connectivity index is 1.82. The first-order valence-corrected chi connectivity index (χ1v) is 8.92. The van der Waals surface area contributed by atoms with Crippen molar-refractivity contribution in [1.82, 2.24) is 5.01 Å². The summed E-state index contributed by atoms with van der Waals surface area (Å²) in [6.45, 7) is 0. The molecule has 1 aliphatic rings. The van der Waals surface area contributed by atoms with Crippen LogP contribution in [0.25, 0.3) is 6.08 Å². The van der Waals surface area contributed by atoms with Gasteiger partial charge in [-0.05, 0) is 42.1 Å². The Morgan fingerprint density at radius 1 is 1.17 bits per heavy atom. The van der Waals surface area contributed by atoms with Gasteiger partial charge in [0.2, 0.25) is 0 Å². The molecule has 2 aromatic rings. The fourth-order valence-corrected chi connectivity index (χ4v) is 3.41. The van der Waals surface area contributed by atoms with Crippen LogP contribution >= 0.6 is 39.9 Å². The fourth-order valence-electron chi connectivity index (χ4n) is 1.98. The molecule has 0 radical (unpaired) electrons. The second kappa shape index (κ2) is 7.29. The molecule has 120 valence electrons. The van der Waals surface area contributed by atoms with Gasteiger partial charge in [-0.25, -0.2) is 0 Å². The van der Waals surface area contributed by atoms with E-state index in [1.54, 1.807) is 36.6 Å². The van der Waals surface area contributed by atoms with Gasteiger partial charge in [0.15, 0.2) is 4.32 Å². The molecule has 1 amide bonds. The first kappa shape index (κ1) is 16.9. The molecule has 0 atom stereocenters. The van der Waals surface area contributed by atoms with E-state index in [1.165, 1.54) is 5.01 Å². The number of thioether (sulfide) groups is 1. The molecule has 0 aromatic heterocycles. The summed E-state index contributed by atoms with van der Waals surface area (Å²) in [4.78, 5) is 12.9. The lowest BCUT2D eigenvalue weighted by molar-refractivity contribution is -0.122. The number of para-hydroxylation sites is 1. The zero-order valence-corrected chi connectivity index (χ0v) is 15.4. The minimum absolute atomic E-state index is 0.112. The predicted octanol–water partition coefficient (Wildman–Crippen LogP) is 4.39. The number of hydrogen-bond acceptors (Lipinski definition) is 5. The van der Waals surface area contributed by atoms with Gasteiger partial charge < -0.3 is 5.11 Å². The Morgan fingerprint density at radius 2 is 1.88 bits per heavy atom. The lowest BCUT2D eigenvalue weighted by Gasteiger charge is -2.06. The lowest BCUT2D eigenvalue weighted by Crippen LogP contribution is -2.22. The summed E-state index contributed by atoms with van der Waals surface area (Å²) in [5, 5.41) is 15.2. The number of aromatic hydroxyl groups is 1. The number of phenolic OH excluding ortho intramolecular Hbond substituents is 1. The van der Waals surface area contributed by atoms with Gasteiger partial charge in [-0.3, -0.25) is 4.79 Å². The maximum atomic E-state index is 12.5. The molecule has 4 nitrogen and oxygen atoms in total. The maximum Gasteiger partial charge on any atom is 0.286 e. The lowest BCUT2D eigenvalue weighted by atomic mass is 10.2. The SMILES string of the molecule is O=C1/C(=C\c2ccccc2O)SC(=S)N1/N=C/c1ccc(Br)cc1. The molecular formula is C17H11BrN2O2S2. The molecule has 1 N–H and O–H groups in total. The topological polar surface area (TPSA) is 52.9 Å². The van der Waals surface area contributed by atoms with Crippen molar-refractivity contribution in [2.75, 3.05) is 0 Å². The highest BCUT2D eigenvalue weighted by molar-refractivity contribution is 9.10. The third-order valence-electron chi connectivity index (χ3n) is 3.19. The monoisotopic (exact) mass is 418 g/mol. The van der Waals surface area contributed by atoms with Crippen LogP contribution in [-0.4, -0.2) is 26.6 Å². The van der Waals surface area contributed by atoms with E-state index in [0.717, 1.165) is 21.8 Å². The first-order chi connectivity index (χ1) is 11.5. The van der Waals surface area contributed by atoms with E-state index >= 15 is 0 Å². The summed E-state index contributed by atoms with van der Waals surface area (Å²) in [5.41, 5.74) is 1.42. The van der Waals surface area contributed by atoms with Crippen molar-refractivity contribution in [3.8, 4) is 5.75 Å². The molecule has 0 spiro atoms. The highest BCUT2D eigenvalue weighted by atomic mass is 79.9. The predicted molar refractivity (Wildman–Crippen MR) is 105 cm³/mol. The van der Waals surface area contributed by atoms with Crippen LogP contribution < -0.4 is 0 Å². The average Bonchev–Trinajstić information content (AvgIpc) is 2.83. The zero-order valence-electron chi connectivity index (χ0n) is 12.2. The molecule has 0 aliphatic carbocycles. The number of rotatable bonds is 3. The van der Waals surface area contributed by atoms with Gasteiger partial charge in [0.1, 0.15) is 5.75 Å². The molecule has 1 fully saturated rings. The van der Waals surface area contributed by atoms with Gasteiger partial charge in [-0.2, -0.15) is 10.1 Å². The Morgan fingerprint density at radius 3 is 2.58 bits per heavy atom. The molecule has 1 saturated heterocycles. The van der Waals surface area contributed by atoms with E-state index in [9.17, 15) is 9.90 Å². The van der Waals surface area contributed by atoms with Crippen LogP contribution in [0.1, 0.15) is 11.1 Å². The molecule has 0 bridgehead atoms. The second-order valence-corrected chi connectivity index (χ2v) is 7.44. The van der Waals surface area contributed by atoms with Crippen molar-refractivity contribution in [3.05, 3.63) is 69.0 Å². The van der Waals surface area contributed by atoms with E-state index in [4.69, 9.17) is 12.2 Å². The number of thiocarbonyl (C=S) groups is 1. The fraction of sp³-hybridized carbons (Fsp3) is 0. The van der Waals surface area contributed by atoms with Crippen molar-refractivity contribution in [2.24, 2.45) is 5.10 Å². The number of halogens is 1. The van der Waals surface area contributed by atoms with E-state index in [0.29, 0.717) is 14.8 Å². The van der Waals surface area contributed by atoms with Crippen LogP contribution in [0.15, 0.2) is 63.0 Å². The number of hydrazone groups is 1. The maximum absolute atomic E-state index is 12.5.